The van der Waals surface area contributed by atoms with Crippen molar-refractivity contribution in [3.8, 4) is 11.5 Å². The number of unbranched alkanes of at least 4 members (excludes halogenated alkanes) is 2. The first kappa shape index (κ1) is 36.0. The summed E-state index contributed by atoms with van der Waals surface area (Å²) in [5.41, 5.74) is 1.93. The molecule has 0 heterocycles. The first-order valence-corrected chi connectivity index (χ1v) is 16.3. The van der Waals surface area contributed by atoms with Crippen molar-refractivity contribution >= 4 is 23.5 Å². The summed E-state index contributed by atoms with van der Waals surface area (Å²) in [7, 11) is 0. The zero-order valence-electron chi connectivity index (χ0n) is 25.5. The number of ketones is 1. The fourth-order valence-electron chi connectivity index (χ4n) is 4.54. The lowest BCUT2D eigenvalue weighted by Crippen LogP contribution is -2.29. The molecule has 0 saturated carbocycles. The predicted molar refractivity (Wildman–Crippen MR) is 170 cm³/mol. The van der Waals surface area contributed by atoms with Crippen LogP contribution in [0.2, 0.25) is 0 Å². The summed E-state index contributed by atoms with van der Waals surface area (Å²) < 4.78 is 55.9. The van der Waals surface area contributed by atoms with E-state index in [0.717, 1.165) is 56.2 Å². The number of carbonyl (C=O) groups is 2. The van der Waals surface area contributed by atoms with Gasteiger partial charge in [-0.05, 0) is 73.2 Å². The van der Waals surface area contributed by atoms with Gasteiger partial charge in [0, 0.05) is 23.2 Å². The molecular weight excluding hydrogens is 605 g/mol. The highest BCUT2D eigenvalue weighted by Gasteiger charge is 2.39. The third kappa shape index (κ3) is 13.6. The van der Waals surface area contributed by atoms with Crippen molar-refractivity contribution < 1.29 is 42.1 Å². The molecular formula is C35H41F3O6S. The minimum atomic E-state index is -4.93. The van der Waals surface area contributed by atoms with Crippen LogP contribution in [0.5, 0.6) is 11.5 Å². The molecule has 0 saturated heterocycles. The Morgan fingerprint density at radius 2 is 1.47 bits per heavy atom. The molecule has 10 heteroatoms. The number of thioether (sulfide) groups is 1. The van der Waals surface area contributed by atoms with Crippen LogP contribution in [0.15, 0.2) is 78.9 Å². The molecule has 0 bridgehead atoms. The quantitative estimate of drug-likeness (QED) is 0.0916. The number of rotatable bonds is 21. The van der Waals surface area contributed by atoms with E-state index >= 15 is 0 Å². The molecule has 3 aromatic carbocycles. The Bertz CT molecular complexity index is 1280. The second-order valence-corrected chi connectivity index (χ2v) is 11.9. The van der Waals surface area contributed by atoms with E-state index in [1.54, 1.807) is 11.8 Å². The molecule has 0 fully saturated rings. The number of carboxylic acid groups (broad SMARTS) is 1. The zero-order valence-corrected chi connectivity index (χ0v) is 26.3. The predicted octanol–water partition coefficient (Wildman–Crippen LogP) is 8.74. The van der Waals surface area contributed by atoms with Crippen LogP contribution in [0, 0.1) is 0 Å². The average Bonchev–Trinajstić information content (AvgIpc) is 3.03. The lowest BCUT2D eigenvalue weighted by atomic mass is 10.0. The second-order valence-electron chi connectivity index (χ2n) is 10.6. The van der Waals surface area contributed by atoms with Gasteiger partial charge in [-0.3, -0.25) is 9.59 Å². The van der Waals surface area contributed by atoms with Gasteiger partial charge in [0.2, 0.25) is 0 Å². The number of hydrogen-bond acceptors (Lipinski definition) is 6. The van der Waals surface area contributed by atoms with Crippen molar-refractivity contribution in [1.82, 2.24) is 0 Å². The third-order valence-electron chi connectivity index (χ3n) is 7.01. The van der Waals surface area contributed by atoms with Crippen molar-refractivity contribution in [1.29, 1.82) is 0 Å². The Labute approximate surface area is 267 Å². The van der Waals surface area contributed by atoms with Gasteiger partial charge in [0.05, 0.1) is 6.42 Å². The molecule has 0 aliphatic heterocycles. The normalized spacial score (nSPS) is 12.8. The highest BCUT2D eigenvalue weighted by molar-refractivity contribution is 7.99. The molecule has 2 atom stereocenters. The van der Waals surface area contributed by atoms with Gasteiger partial charge in [0.15, 0.2) is 0 Å². The third-order valence-corrected chi connectivity index (χ3v) is 8.36. The fraction of sp³-hybridized carbons (Fsp3) is 0.429. The van der Waals surface area contributed by atoms with Crippen molar-refractivity contribution in [2.45, 2.75) is 69.4 Å². The molecule has 3 aromatic rings. The largest absolute Gasteiger partial charge is 0.491 e. The van der Waals surface area contributed by atoms with Crippen LogP contribution >= 0.6 is 11.8 Å². The van der Waals surface area contributed by atoms with Crippen LogP contribution in [0.1, 0.15) is 72.2 Å². The summed E-state index contributed by atoms with van der Waals surface area (Å²) in [5, 5.41) is 9.26. The summed E-state index contributed by atoms with van der Waals surface area (Å²) in [6.07, 6.45) is 0.518. The van der Waals surface area contributed by atoms with Gasteiger partial charge in [-0.1, -0.05) is 62.2 Å². The van der Waals surface area contributed by atoms with Gasteiger partial charge >= 0.3 is 12.1 Å². The Hall–Kier alpha value is -3.50. The van der Waals surface area contributed by atoms with Gasteiger partial charge in [-0.15, -0.1) is 0 Å². The lowest BCUT2D eigenvalue weighted by Gasteiger charge is -2.20. The molecule has 1 N–H and O–H groups in total. The van der Waals surface area contributed by atoms with E-state index in [1.165, 1.54) is 17.7 Å². The van der Waals surface area contributed by atoms with Gasteiger partial charge in [0.1, 0.15) is 30.8 Å². The molecule has 0 amide bonds. The van der Waals surface area contributed by atoms with Crippen LogP contribution in [0.4, 0.5) is 13.2 Å². The fourth-order valence-corrected chi connectivity index (χ4v) is 5.80. The standard InChI is InChI=1S/C35H41F3O6S/c1-2-3-7-22-42-31(25-44-30-19-15-28(16-20-30)34(41)35(36,37)38)24-43-29-17-13-27(14-18-29)32(45-23-21-33(39)40)12-8-11-26-9-5-4-6-10-26/h4-6,9-10,13-20,31-32H,2-3,7-8,11-12,21-25H2,1H3,(H,39,40). The van der Waals surface area contributed by atoms with E-state index in [2.05, 4.69) is 19.1 Å². The number of halogens is 3. The molecule has 0 aliphatic rings. The molecule has 244 valence electrons. The molecule has 6 nitrogen and oxygen atoms in total. The first-order chi connectivity index (χ1) is 21.7. The highest BCUT2D eigenvalue weighted by atomic mass is 32.2. The lowest BCUT2D eigenvalue weighted by molar-refractivity contribution is -0.136. The molecule has 2 unspecified atom stereocenters. The van der Waals surface area contributed by atoms with E-state index in [0.29, 0.717) is 23.9 Å². The number of carbonyl (C=O) groups excluding carboxylic acids is 1. The van der Waals surface area contributed by atoms with Crippen LogP contribution < -0.4 is 9.47 Å². The summed E-state index contributed by atoms with van der Waals surface area (Å²) in [6.45, 7) is 2.92. The van der Waals surface area contributed by atoms with Gasteiger partial charge < -0.3 is 19.3 Å². The Morgan fingerprint density at radius 1 is 0.844 bits per heavy atom. The summed E-state index contributed by atoms with van der Waals surface area (Å²) >= 11 is 1.65. The molecule has 0 aliphatic carbocycles. The maximum Gasteiger partial charge on any atom is 0.454 e. The van der Waals surface area contributed by atoms with Crippen molar-refractivity contribution in [3.05, 3.63) is 95.6 Å². The number of aliphatic carboxylic acids is 1. The number of aryl methyl sites for hydroxylation is 1. The van der Waals surface area contributed by atoms with Crippen LogP contribution in [0.25, 0.3) is 0 Å². The van der Waals surface area contributed by atoms with Crippen molar-refractivity contribution in [3.63, 3.8) is 0 Å². The van der Waals surface area contributed by atoms with E-state index in [4.69, 9.17) is 19.3 Å². The smallest absolute Gasteiger partial charge is 0.454 e. The van der Waals surface area contributed by atoms with Gasteiger partial charge in [0.25, 0.3) is 5.78 Å². The van der Waals surface area contributed by atoms with E-state index < -0.39 is 29.6 Å². The highest BCUT2D eigenvalue weighted by Crippen LogP contribution is 2.35. The number of carboxylic acids is 1. The molecule has 45 heavy (non-hydrogen) atoms. The topological polar surface area (TPSA) is 82.1 Å². The number of benzene rings is 3. The number of alkyl halides is 3. The minimum Gasteiger partial charge on any atom is -0.491 e. The Balaban J connectivity index is 1.57. The average molecular weight is 647 g/mol. The second kappa shape index (κ2) is 19.1. The van der Waals surface area contributed by atoms with Crippen molar-refractivity contribution in [2.24, 2.45) is 0 Å². The monoisotopic (exact) mass is 646 g/mol. The summed E-state index contributed by atoms with van der Waals surface area (Å²) in [4.78, 5) is 22.5. The van der Waals surface area contributed by atoms with E-state index in [-0.39, 0.29) is 24.9 Å². The summed E-state index contributed by atoms with van der Waals surface area (Å²) in [6, 6.07) is 22.9. The molecule has 0 aromatic heterocycles. The SMILES string of the molecule is CCCCCOC(COc1ccc(C(=O)C(F)(F)F)cc1)COc1ccc(C(CCCc2ccccc2)SCCC(=O)O)cc1. The van der Waals surface area contributed by atoms with E-state index in [9.17, 15) is 22.8 Å². The number of Topliss-reactive ketones (excluding diaryl/α,β-unsaturated/α-hetero) is 1. The molecule has 0 spiro atoms. The van der Waals surface area contributed by atoms with Crippen LogP contribution in [-0.2, 0) is 16.0 Å². The molecule has 0 radical (unpaired) electrons. The Kier molecular flexibility index (Phi) is 15.3. The zero-order chi connectivity index (χ0) is 32.5. The molecule has 3 rings (SSSR count). The Morgan fingerprint density at radius 3 is 2.04 bits per heavy atom. The van der Waals surface area contributed by atoms with Crippen molar-refractivity contribution in [2.75, 3.05) is 25.6 Å². The maximum atomic E-state index is 12.7. The number of ether oxygens (including phenoxy) is 3. The van der Waals surface area contributed by atoms with Crippen LogP contribution in [0.3, 0.4) is 0 Å². The minimum absolute atomic E-state index is 0.110. The number of hydrogen-bond donors (Lipinski definition) is 1. The summed E-state index contributed by atoms with van der Waals surface area (Å²) in [5.74, 6) is -1.21. The van der Waals surface area contributed by atoms with Gasteiger partial charge in [-0.25, -0.2) is 0 Å². The van der Waals surface area contributed by atoms with Crippen LogP contribution in [-0.4, -0.2) is 54.7 Å². The van der Waals surface area contributed by atoms with Gasteiger partial charge in [-0.2, -0.15) is 24.9 Å². The van der Waals surface area contributed by atoms with E-state index in [1.807, 2.05) is 42.5 Å². The maximum absolute atomic E-state index is 12.7. The first-order valence-electron chi connectivity index (χ1n) is 15.2.